The highest BCUT2D eigenvalue weighted by molar-refractivity contribution is 5.78. The standard InChI is InChI=1S/C29H41N9O/c30-11-2-13-32-27-7-6-24(20-35-27)26-8-15-34-29(37-26)36-25-5-1-4-23(19-25)18-22-9-16-38(17-10-22)21-28(39)33-14-3-12-31/h1,4-8,15,19-20,22H,2-3,9-14,16-18,21,30-31H2,(H,32,35)(H,33,39)(H,34,36,37). The number of carbonyl (C=O) groups excluding carboxylic acids is 1. The van der Waals surface area contributed by atoms with E-state index < -0.39 is 0 Å². The summed E-state index contributed by atoms with van der Waals surface area (Å²) in [6, 6.07) is 14.3. The fourth-order valence-corrected chi connectivity index (χ4v) is 4.72. The van der Waals surface area contributed by atoms with Gasteiger partial charge in [-0.15, -0.1) is 0 Å². The van der Waals surface area contributed by atoms with E-state index in [0.29, 0.717) is 38.0 Å². The first-order valence-electron chi connectivity index (χ1n) is 13.9. The molecule has 208 valence electrons. The van der Waals surface area contributed by atoms with Gasteiger partial charge in [-0.3, -0.25) is 9.69 Å². The minimum Gasteiger partial charge on any atom is -0.370 e. The molecule has 1 aromatic carbocycles. The minimum atomic E-state index is 0.0931. The van der Waals surface area contributed by atoms with Crippen molar-refractivity contribution < 1.29 is 4.79 Å². The highest BCUT2D eigenvalue weighted by atomic mass is 16.2. The monoisotopic (exact) mass is 531 g/mol. The van der Waals surface area contributed by atoms with Gasteiger partial charge in [-0.1, -0.05) is 12.1 Å². The third kappa shape index (κ3) is 9.27. The summed E-state index contributed by atoms with van der Waals surface area (Å²) in [6.45, 7) is 5.09. The molecule has 0 unspecified atom stereocenters. The molecule has 0 radical (unpaired) electrons. The van der Waals surface area contributed by atoms with E-state index in [1.165, 1.54) is 5.56 Å². The molecule has 2 aromatic heterocycles. The van der Waals surface area contributed by atoms with Crippen LogP contribution in [0.15, 0.2) is 54.9 Å². The van der Waals surface area contributed by atoms with Crippen LogP contribution in [0.3, 0.4) is 0 Å². The maximum Gasteiger partial charge on any atom is 0.234 e. The van der Waals surface area contributed by atoms with Crippen molar-refractivity contribution in [1.82, 2.24) is 25.2 Å². The lowest BCUT2D eigenvalue weighted by Gasteiger charge is -2.31. The van der Waals surface area contributed by atoms with Crippen LogP contribution in [-0.4, -0.2) is 71.6 Å². The van der Waals surface area contributed by atoms with Crippen molar-refractivity contribution in [3.63, 3.8) is 0 Å². The van der Waals surface area contributed by atoms with Crippen molar-refractivity contribution in [2.75, 3.05) is 56.4 Å². The number of likely N-dealkylation sites (tertiary alicyclic amines) is 1. The Morgan fingerprint density at radius 2 is 1.82 bits per heavy atom. The Labute approximate surface area is 231 Å². The van der Waals surface area contributed by atoms with E-state index in [1.807, 2.05) is 30.5 Å². The Kier molecular flexibility index (Phi) is 11.0. The van der Waals surface area contributed by atoms with Gasteiger partial charge < -0.3 is 27.4 Å². The summed E-state index contributed by atoms with van der Waals surface area (Å²) < 4.78 is 0. The summed E-state index contributed by atoms with van der Waals surface area (Å²) in [5.41, 5.74) is 15.0. The number of piperidine rings is 1. The van der Waals surface area contributed by atoms with Gasteiger partial charge in [0.05, 0.1) is 12.2 Å². The number of aromatic nitrogens is 3. The third-order valence-corrected chi connectivity index (χ3v) is 6.89. The lowest BCUT2D eigenvalue weighted by Crippen LogP contribution is -2.42. The topological polar surface area (TPSA) is 147 Å². The van der Waals surface area contributed by atoms with E-state index in [1.54, 1.807) is 6.20 Å². The van der Waals surface area contributed by atoms with Crippen LogP contribution in [0.2, 0.25) is 0 Å². The lowest BCUT2D eigenvalue weighted by atomic mass is 9.90. The smallest absolute Gasteiger partial charge is 0.234 e. The first kappa shape index (κ1) is 28.4. The molecule has 0 bridgehead atoms. The van der Waals surface area contributed by atoms with Crippen LogP contribution >= 0.6 is 0 Å². The molecule has 3 heterocycles. The Morgan fingerprint density at radius 3 is 2.59 bits per heavy atom. The molecule has 4 rings (SSSR count). The average molecular weight is 532 g/mol. The van der Waals surface area contributed by atoms with Crippen molar-refractivity contribution in [2.24, 2.45) is 17.4 Å². The zero-order valence-electron chi connectivity index (χ0n) is 22.6. The molecule has 10 heteroatoms. The molecule has 1 amide bonds. The second kappa shape index (κ2) is 15.1. The van der Waals surface area contributed by atoms with Crippen LogP contribution in [0, 0.1) is 5.92 Å². The number of amides is 1. The second-order valence-corrected chi connectivity index (χ2v) is 10.0. The van der Waals surface area contributed by atoms with E-state index in [4.69, 9.17) is 16.5 Å². The van der Waals surface area contributed by atoms with Gasteiger partial charge in [0.25, 0.3) is 0 Å². The number of carbonyl (C=O) groups is 1. The number of nitrogens with zero attached hydrogens (tertiary/aromatic N) is 4. The lowest BCUT2D eigenvalue weighted by molar-refractivity contribution is -0.122. The first-order valence-corrected chi connectivity index (χ1v) is 13.9. The summed E-state index contributed by atoms with van der Waals surface area (Å²) in [5.74, 6) is 2.07. The van der Waals surface area contributed by atoms with E-state index in [0.717, 1.165) is 74.5 Å². The molecule has 1 aliphatic rings. The summed E-state index contributed by atoms with van der Waals surface area (Å²) in [7, 11) is 0. The number of anilines is 3. The fraction of sp³-hybridized carbons (Fsp3) is 0.448. The zero-order chi connectivity index (χ0) is 27.3. The second-order valence-electron chi connectivity index (χ2n) is 10.0. The number of benzene rings is 1. The molecule has 0 spiro atoms. The van der Waals surface area contributed by atoms with E-state index in [-0.39, 0.29) is 5.91 Å². The van der Waals surface area contributed by atoms with Crippen molar-refractivity contribution >= 4 is 23.4 Å². The van der Waals surface area contributed by atoms with Crippen molar-refractivity contribution in [2.45, 2.75) is 32.1 Å². The summed E-state index contributed by atoms with van der Waals surface area (Å²) in [6.07, 6.45) is 8.50. The Hall–Kier alpha value is -3.60. The number of hydrogen-bond acceptors (Lipinski definition) is 9. The molecule has 0 aliphatic carbocycles. The molecule has 1 aliphatic heterocycles. The van der Waals surface area contributed by atoms with Crippen LogP contribution < -0.4 is 27.4 Å². The van der Waals surface area contributed by atoms with Crippen LogP contribution in [0.5, 0.6) is 0 Å². The number of hydrogen-bond donors (Lipinski definition) is 5. The SMILES string of the molecule is NCCCNC(=O)CN1CCC(Cc2cccc(Nc3nccc(-c4ccc(NCCCN)nc4)n3)c2)CC1. The molecule has 1 fully saturated rings. The molecule has 1 saturated heterocycles. The summed E-state index contributed by atoms with van der Waals surface area (Å²) in [4.78, 5) is 27.9. The summed E-state index contributed by atoms with van der Waals surface area (Å²) >= 11 is 0. The van der Waals surface area contributed by atoms with Crippen LogP contribution in [0.1, 0.15) is 31.2 Å². The molecule has 10 nitrogen and oxygen atoms in total. The maximum absolute atomic E-state index is 12.1. The van der Waals surface area contributed by atoms with Gasteiger partial charge in [0.15, 0.2) is 0 Å². The molecular formula is C29H41N9O. The van der Waals surface area contributed by atoms with Crippen molar-refractivity contribution in [1.29, 1.82) is 0 Å². The quantitative estimate of drug-likeness (QED) is 0.198. The van der Waals surface area contributed by atoms with Crippen LogP contribution in [0.25, 0.3) is 11.3 Å². The zero-order valence-corrected chi connectivity index (χ0v) is 22.6. The predicted octanol–water partition coefficient (Wildman–Crippen LogP) is 2.76. The Balaban J connectivity index is 1.28. The van der Waals surface area contributed by atoms with Gasteiger partial charge in [-0.05, 0) is 100 Å². The number of rotatable bonds is 14. The highest BCUT2D eigenvalue weighted by Crippen LogP contribution is 2.24. The van der Waals surface area contributed by atoms with Gasteiger partial charge in [-0.2, -0.15) is 0 Å². The molecule has 0 atom stereocenters. The van der Waals surface area contributed by atoms with E-state index >= 15 is 0 Å². The Morgan fingerprint density at radius 1 is 1.00 bits per heavy atom. The third-order valence-electron chi connectivity index (χ3n) is 6.89. The van der Waals surface area contributed by atoms with E-state index in [9.17, 15) is 4.79 Å². The number of nitrogens with one attached hydrogen (secondary N) is 3. The highest BCUT2D eigenvalue weighted by Gasteiger charge is 2.21. The number of pyridine rings is 1. The molecule has 0 saturated carbocycles. The van der Waals surface area contributed by atoms with Crippen LogP contribution in [-0.2, 0) is 11.2 Å². The minimum absolute atomic E-state index is 0.0931. The van der Waals surface area contributed by atoms with Gasteiger partial charge in [0.1, 0.15) is 5.82 Å². The first-order chi connectivity index (χ1) is 19.1. The van der Waals surface area contributed by atoms with Gasteiger partial charge >= 0.3 is 0 Å². The largest absolute Gasteiger partial charge is 0.370 e. The predicted molar refractivity (Wildman–Crippen MR) is 157 cm³/mol. The average Bonchev–Trinajstić information content (AvgIpc) is 2.95. The van der Waals surface area contributed by atoms with Crippen LogP contribution in [0.4, 0.5) is 17.5 Å². The molecule has 3 aromatic rings. The number of nitrogens with two attached hydrogens (primary N) is 2. The fourth-order valence-electron chi connectivity index (χ4n) is 4.72. The van der Waals surface area contributed by atoms with Gasteiger partial charge in [0.2, 0.25) is 11.9 Å². The Bertz CT molecular complexity index is 1160. The summed E-state index contributed by atoms with van der Waals surface area (Å²) in [5, 5.41) is 9.57. The molecule has 7 N–H and O–H groups in total. The van der Waals surface area contributed by atoms with Gasteiger partial charge in [0, 0.05) is 36.7 Å². The van der Waals surface area contributed by atoms with E-state index in [2.05, 4.69) is 49.0 Å². The van der Waals surface area contributed by atoms with Crippen molar-refractivity contribution in [3.8, 4) is 11.3 Å². The maximum atomic E-state index is 12.1. The van der Waals surface area contributed by atoms with Gasteiger partial charge in [-0.25, -0.2) is 15.0 Å². The normalized spacial score (nSPS) is 14.2. The van der Waals surface area contributed by atoms with Crippen molar-refractivity contribution in [3.05, 3.63) is 60.4 Å². The molecular weight excluding hydrogens is 490 g/mol. The molecule has 39 heavy (non-hydrogen) atoms.